The summed E-state index contributed by atoms with van der Waals surface area (Å²) in [6, 6.07) is 12.1. The predicted molar refractivity (Wildman–Crippen MR) is 204 cm³/mol. The van der Waals surface area contributed by atoms with Gasteiger partial charge in [0, 0.05) is 32.1 Å². The molecule has 49 heavy (non-hydrogen) atoms. The first-order valence-electron chi connectivity index (χ1n) is 17.0. The van der Waals surface area contributed by atoms with Crippen molar-refractivity contribution < 1.29 is 17.3 Å². The van der Waals surface area contributed by atoms with Crippen molar-refractivity contribution in [2.75, 3.05) is 6.26 Å². The molecule has 2 aliphatic carbocycles. The lowest BCUT2D eigenvalue weighted by atomic mass is 9.72. The van der Waals surface area contributed by atoms with Crippen LogP contribution in [0.3, 0.4) is 0 Å². The lowest BCUT2D eigenvalue weighted by Gasteiger charge is -2.36. The van der Waals surface area contributed by atoms with Gasteiger partial charge in [-0.05, 0) is 110 Å². The van der Waals surface area contributed by atoms with Crippen molar-refractivity contribution in [3.63, 3.8) is 0 Å². The van der Waals surface area contributed by atoms with Gasteiger partial charge < -0.3 is 9.72 Å². The molecule has 0 aliphatic heterocycles. The Labute approximate surface area is 307 Å². The van der Waals surface area contributed by atoms with E-state index in [0.717, 1.165) is 81.4 Å². The molecular formula is C37H50Br2N4O5S. The first-order chi connectivity index (χ1) is 22.9. The van der Waals surface area contributed by atoms with E-state index in [4.69, 9.17) is 8.92 Å². The Balaban J connectivity index is 0.000000175. The van der Waals surface area contributed by atoms with Gasteiger partial charge in [-0.15, -0.1) is 0 Å². The highest BCUT2D eigenvalue weighted by atomic mass is 79.9. The highest BCUT2D eigenvalue weighted by Crippen LogP contribution is 2.39. The fraction of sp³-hybridized carbons (Fsp3) is 0.568. The Bertz CT molecular complexity index is 1850. The van der Waals surface area contributed by atoms with E-state index in [0.29, 0.717) is 22.8 Å². The second-order valence-electron chi connectivity index (χ2n) is 15.4. The number of aromatic amines is 1. The summed E-state index contributed by atoms with van der Waals surface area (Å²) >= 11 is 6.80. The molecule has 0 bridgehead atoms. The summed E-state index contributed by atoms with van der Waals surface area (Å²) < 4.78 is 35.0. The third-order valence-electron chi connectivity index (χ3n) is 9.48. The van der Waals surface area contributed by atoms with Gasteiger partial charge in [0.2, 0.25) is 0 Å². The maximum Gasteiger partial charge on any atom is 0.345 e. The molecule has 0 amide bonds. The number of halogens is 2. The summed E-state index contributed by atoms with van der Waals surface area (Å²) in [5.74, 6) is 1.49. The average Bonchev–Trinajstić information content (AvgIpc) is 3.01. The summed E-state index contributed by atoms with van der Waals surface area (Å²) in [4.78, 5) is 25.9. The van der Waals surface area contributed by atoms with Gasteiger partial charge in [-0.25, -0.2) is 14.8 Å². The van der Waals surface area contributed by atoms with Gasteiger partial charge in [0.15, 0.2) is 0 Å². The highest BCUT2D eigenvalue weighted by molar-refractivity contribution is 9.10. The number of fused-ring (bicyclic) bond motifs is 2. The molecule has 12 heteroatoms. The SMILES string of the molecule is CC(C)(C)C1CCC(OS(C)(=O)=O)CC1.CC(C)(C)C1CCC(Oc2ncc3cc(Br)ccc3n2)CC1.O=c1ncc2cc(Br)ccc2[nH]1. The van der Waals surface area contributed by atoms with E-state index in [1.165, 1.54) is 12.8 Å². The molecule has 4 aromatic rings. The fourth-order valence-electron chi connectivity index (χ4n) is 6.54. The van der Waals surface area contributed by atoms with E-state index in [1.807, 2.05) is 42.6 Å². The van der Waals surface area contributed by atoms with Crippen LogP contribution < -0.4 is 10.4 Å². The molecular weight excluding hydrogens is 772 g/mol. The Hall–Kier alpha value is -2.41. The van der Waals surface area contributed by atoms with Crippen LogP contribution in [0.25, 0.3) is 21.8 Å². The van der Waals surface area contributed by atoms with Crippen LogP contribution in [0.1, 0.15) is 92.9 Å². The zero-order valence-electron chi connectivity index (χ0n) is 29.6. The Kier molecular flexibility index (Phi) is 13.5. The van der Waals surface area contributed by atoms with Crippen LogP contribution in [-0.2, 0) is 14.3 Å². The van der Waals surface area contributed by atoms with E-state index in [2.05, 4.69) is 93.3 Å². The number of aromatic nitrogens is 4. The summed E-state index contributed by atoms with van der Waals surface area (Å²) in [5.41, 5.74) is 2.15. The number of hydrogen-bond acceptors (Lipinski definition) is 8. The van der Waals surface area contributed by atoms with E-state index >= 15 is 0 Å². The van der Waals surface area contributed by atoms with Crippen LogP contribution in [0.2, 0.25) is 0 Å². The third-order valence-corrected chi connectivity index (χ3v) is 11.1. The molecule has 2 fully saturated rings. The maximum atomic E-state index is 11.0. The number of benzene rings is 2. The van der Waals surface area contributed by atoms with Crippen molar-refractivity contribution in [3.8, 4) is 6.01 Å². The topological polar surface area (TPSA) is 124 Å². The number of H-pyrrole nitrogens is 1. The van der Waals surface area contributed by atoms with E-state index < -0.39 is 10.1 Å². The van der Waals surface area contributed by atoms with Crippen molar-refractivity contribution in [1.29, 1.82) is 0 Å². The van der Waals surface area contributed by atoms with Crippen LogP contribution >= 0.6 is 31.9 Å². The molecule has 0 unspecified atom stereocenters. The molecule has 0 spiro atoms. The summed E-state index contributed by atoms with van der Waals surface area (Å²) in [7, 11) is -3.28. The third kappa shape index (κ3) is 12.7. The Morgan fingerprint density at radius 1 is 0.735 bits per heavy atom. The quantitative estimate of drug-likeness (QED) is 0.202. The second kappa shape index (κ2) is 16.7. The van der Waals surface area contributed by atoms with Gasteiger partial charge in [-0.3, -0.25) is 4.18 Å². The molecule has 2 saturated carbocycles. The zero-order valence-corrected chi connectivity index (χ0v) is 33.6. The molecule has 2 heterocycles. The van der Waals surface area contributed by atoms with Crippen LogP contribution in [-0.4, -0.2) is 46.8 Å². The molecule has 0 radical (unpaired) electrons. The normalized spacial score (nSPS) is 21.7. The number of nitrogens with zero attached hydrogens (tertiary/aromatic N) is 3. The van der Waals surface area contributed by atoms with Crippen LogP contribution in [0.4, 0.5) is 0 Å². The molecule has 268 valence electrons. The van der Waals surface area contributed by atoms with Gasteiger partial charge in [-0.2, -0.15) is 13.4 Å². The summed E-state index contributed by atoms with van der Waals surface area (Å²) in [6.07, 6.45) is 13.2. The molecule has 0 saturated heterocycles. The fourth-order valence-corrected chi connectivity index (χ4v) is 7.99. The van der Waals surface area contributed by atoms with Crippen molar-refractivity contribution in [2.45, 2.75) is 105 Å². The molecule has 2 aromatic carbocycles. The van der Waals surface area contributed by atoms with Crippen LogP contribution in [0.15, 0.2) is 62.5 Å². The number of rotatable bonds is 4. The molecule has 2 aliphatic rings. The smallest absolute Gasteiger partial charge is 0.345 e. The summed E-state index contributed by atoms with van der Waals surface area (Å²) in [5, 5.41) is 1.95. The molecule has 9 nitrogen and oxygen atoms in total. The number of nitrogens with one attached hydrogen (secondary N) is 1. The average molecular weight is 823 g/mol. The first kappa shape index (κ1) is 39.4. The minimum absolute atomic E-state index is 0.0846. The lowest BCUT2D eigenvalue weighted by Crippen LogP contribution is -2.30. The van der Waals surface area contributed by atoms with Gasteiger partial charge >= 0.3 is 11.7 Å². The molecule has 0 atom stereocenters. The number of ether oxygens (including phenoxy) is 1. The van der Waals surface area contributed by atoms with Gasteiger partial charge in [0.05, 0.1) is 23.4 Å². The van der Waals surface area contributed by atoms with E-state index in [1.54, 1.807) is 6.20 Å². The van der Waals surface area contributed by atoms with Crippen molar-refractivity contribution in [2.24, 2.45) is 22.7 Å². The standard InChI is InChI=1S/C18H23BrN2O.C11H22O3S.C8H5BrN2O/c1-18(2,3)13-4-7-15(8-5-13)22-17-20-11-12-10-14(19)6-9-16(12)21-17;1-11(2,3)9-5-7-10(8-6-9)14-15(4,12)13;9-6-1-2-7-5(3-6)4-10-8(12)11-7/h6,9-11,13,15H,4-5,7-8H2,1-3H3;9-10H,5-8H2,1-4H3;1-4H,(H,10,11,12). The number of hydrogen-bond donors (Lipinski definition) is 1. The van der Waals surface area contributed by atoms with Crippen LogP contribution in [0, 0.1) is 22.7 Å². The van der Waals surface area contributed by atoms with Gasteiger partial charge in [0.1, 0.15) is 6.10 Å². The predicted octanol–water partition coefficient (Wildman–Crippen LogP) is 9.63. The first-order valence-corrected chi connectivity index (χ1v) is 20.4. The maximum absolute atomic E-state index is 11.0. The molecule has 1 N–H and O–H groups in total. The van der Waals surface area contributed by atoms with E-state index in [-0.39, 0.29) is 17.9 Å². The lowest BCUT2D eigenvalue weighted by molar-refractivity contribution is 0.0820. The van der Waals surface area contributed by atoms with Gasteiger partial charge in [0.25, 0.3) is 10.1 Å². The Morgan fingerprint density at radius 3 is 1.80 bits per heavy atom. The van der Waals surface area contributed by atoms with E-state index in [9.17, 15) is 13.2 Å². The zero-order chi connectivity index (χ0) is 36.0. The van der Waals surface area contributed by atoms with Crippen molar-refractivity contribution >= 4 is 63.8 Å². The highest BCUT2D eigenvalue weighted by Gasteiger charge is 2.32. The Morgan fingerprint density at radius 2 is 1.24 bits per heavy atom. The largest absolute Gasteiger partial charge is 0.460 e. The summed E-state index contributed by atoms with van der Waals surface area (Å²) in [6.45, 7) is 13.7. The molecule has 6 rings (SSSR count). The monoisotopic (exact) mass is 820 g/mol. The minimum Gasteiger partial charge on any atom is -0.460 e. The molecule has 2 aromatic heterocycles. The van der Waals surface area contributed by atoms with Crippen LogP contribution in [0.5, 0.6) is 6.01 Å². The van der Waals surface area contributed by atoms with Crippen molar-refractivity contribution in [1.82, 2.24) is 19.9 Å². The second-order valence-corrected chi connectivity index (χ2v) is 18.8. The van der Waals surface area contributed by atoms with Gasteiger partial charge in [-0.1, -0.05) is 73.4 Å². The van der Waals surface area contributed by atoms with Crippen molar-refractivity contribution in [3.05, 3.63) is 68.2 Å². The minimum atomic E-state index is -3.28.